The van der Waals surface area contributed by atoms with Gasteiger partial charge in [0, 0.05) is 20.6 Å². The molecular weight excluding hydrogens is 230 g/mol. The van der Waals surface area contributed by atoms with Crippen LogP contribution in [0.3, 0.4) is 0 Å². The SMILES string of the molecule is Cc1nn(C)c(N(C)CC2CC2C)c1/C(N)=N/O. The largest absolute Gasteiger partial charge is 0.409 e. The Hall–Kier alpha value is -1.72. The number of oxime groups is 1. The van der Waals surface area contributed by atoms with Crippen molar-refractivity contribution >= 4 is 11.7 Å². The van der Waals surface area contributed by atoms with E-state index in [2.05, 4.69) is 22.1 Å². The predicted octanol–water partition coefficient (Wildman–Crippen LogP) is 0.915. The molecule has 3 N–H and O–H groups in total. The number of hydrogen-bond acceptors (Lipinski definition) is 4. The maximum Gasteiger partial charge on any atom is 0.175 e. The lowest BCUT2D eigenvalue weighted by atomic mass is 10.2. The first-order chi connectivity index (χ1) is 8.45. The predicted molar refractivity (Wildman–Crippen MR) is 71.0 cm³/mol. The molecule has 1 fully saturated rings. The Balaban J connectivity index is 2.30. The first kappa shape index (κ1) is 12.7. The lowest BCUT2D eigenvalue weighted by Gasteiger charge is -2.20. The summed E-state index contributed by atoms with van der Waals surface area (Å²) in [5.41, 5.74) is 7.24. The van der Waals surface area contributed by atoms with E-state index in [0.717, 1.165) is 35.5 Å². The highest BCUT2D eigenvalue weighted by Gasteiger charge is 2.34. The second-order valence-electron chi connectivity index (χ2n) is 5.25. The number of anilines is 1. The normalized spacial score (nSPS) is 23.2. The minimum atomic E-state index is 0.117. The molecule has 2 rings (SSSR count). The molecule has 0 spiro atoms. The molecule has 1 aliphatic carbocycles. The van der Waals surface area contributed by atoms with Crippen molar-refractivity contribution in [2.24, 2.45) is 29.8 Å². The van der Waals surface area contributed by atoms with Crippen LogP contribution in [-0.4, -0.2) is 34.4 Å². The van der Waals surface area contributed by atoms with Crippen LogP contribution >= 0.6 is 0 Å². The number of rotatable bonds is 4. The van der Waals surface area contributed by atoms with Crippen molar-refractivity contribution in [3.8, 4) is 0 Å². The van der Waals surface area contributed by atoms with E-state index in [4.69, 9.17) is 10.9 Å². The molecule has 6 heteroatoms. The smallest absolute Gasteiger partial charge is 0.175 e. The summed E-state index contributed by atoms with van der Waals surface area (Å²) in [6, 6.07) is 0. The molecular formula is C12H21N5O. The van der Waals surface area contributed by atoms with Crippen LogP contribution in [0.2, 0.25) is 0 Å². The summed E-state index contributed by atoms with van der Waals surface area (Å²) in [5.74, 6) is 2.56. The standard InChI is InChI=1S/C12H21N5O/c1-7-5-9(7)6-16(3)12-10(11(13)15-18)8(2)14-17(12)4/h7,9,18H,5-6H2,1-4H3,(H2,13,15). The molecule has 0 aromatic carbocycles. The van der Waals surface area contributed by atoms with E-state index in [1.54, 1.807) is 4.68 Å². The van der Waals surface area contributed by atoms with E-state index in [1.165, 1.54) is 6.42 Å². The van der Waals surface area contributed by atoms with E-state index in [-0.39, 0.29) is 5.84 Å². The van der Waals surface area contributed by atoms with Crippen LogP contribution < -0.4 is 10.6 Å². The maximum absolute atomic E-state index is 8.87. The van der Waals surface area contributed by atoms with Crippen LogP contribution in [0.15, 0.2) is 5.16 Å². The minimum Gasteiger partial charge on any atom is -0.409 e. The molecule has 0 aliphatic heterocycles. The van der Waals surface area contributed by atoms with Crippen LogP contribution in [0.25, 0.3) is 0 Å². The Morgan fingerprint density at radius 1 is 1.67 bits per heavy atom. The van der Waals surface area contributed by atoms with Gasteiger partial charge in [-0.05, 0) is 25.2 Å². The van der Waals surface area contributed by atoms with Gasteiger partial charge in [-0.1, -0.05) is 12.1 Å². The van der Waals surface area contributed by atoms with Gasteiger partial charge in [0.1, 0.15) is 5.82 Å². The zero-order chi connectivity index (χ0) is 13.4. The number of aryl methyl sites for hydroxylation is 2. The number of nitrogens with zero attached hydrogens (tertiary/aromatic N) is 4. The van der Waals surface area contributed by atoms with Crippen molar-refractivity contribution in [1.29, 1.82) is 0 Å². The van der Waals surface area contributed by atoms with Crippen molar-refractivity contribution < 1.29 is 5.21 Å². The number of aromatic nitrogens is 2. The molecule has 18 heavy (non-hydrogen) atoms. The quantitative estimate of drug-likeness (QED) is 0.361. The Bertz CT molecular complexity index is 479. The summed E-state index contributed by atoms with van der Waals surface area (Å²) >= 11 is 0. The van der Waals surface area contributed by atoms with Gasteiger partial charge in [0.25, 0.3) is 0 Å². The van der Waals surface area contributed by atoms with Gasteiger partial charge in [-0.25, -0.2) is 0 Å². The van der Waals surface area contributed by atoms with Gasteiger partial charge in [-0.3, -0.25) is 4.68 Å². The summed E-state index contributed by atoms with van der Waals surface area (Å²) < 4.78 is 1.79. The second kappa shape index (κ2) is 4.51. The van der Waals surface area contributed by atoms with Crippen LogP contribution in [0, 0.1) is 18.8 Å². The van der Waals surface area contributed by atoms with Gasteiger partial charge in [-0.2, -0.15) is 5.10 Å². The van der Waals surface area contributed by atoms with E-state index in [1.807, 2.05) is 21.0 Å². The number of nitrogens with two attached hydrogens (primary N) is 1. The molecule has 6 nitrogen and oxygen atoms in total. The molecule has 100 valence electrons. The zero-order valence-electron chi connectivity index (χ0n) is 11.4. The second-order valence-corrected chi connectivity index (χ2v) is 5.25. The van der Waals surface area contributed by atoms with Gasteiger partial charge < -0.3 is 15.8 Å². The molecule has 1 aromatic heterocycles. The Kier molecular flexibility index (Phi) is 3.19. The third kappa shape index (κ3) is 2.14. The Morgan fingerprint density at radius 3 is 2.78 bits per heavy atom. The highest BCUT2D eigenvalue weighted by molar-refractivity contribution is 6.02. The van der Waals surface area contributed by atoms with Gasteiger partial charge in [0.2, 0.25) is 0 Å². The third-order valence-corrected chi connectivity index (χ3v) is 3.70. The average Bonchev–Trinajstić information content (AvgIpc) is 2.89. The fourth-order valence-electron chi connectivity index (χ4n) is 2.53. The van der Waals surface area contributed by atoms with Gasteiger partial charge in [-0.15, -0.1) is 0 Å². The van der Waals surface area contributed by atoms with E-state index >= 15 is 0 Å². The summed E-state index contributed by atoms with van der Waals surface area (Å²) in [6.45, 7) is 5.10. The molecule has 2 unspecified atom stereocenters. The summed E-state index contributed by atoms with van der Waals surface area (Å²) in [5, 5.41) is 16.3. The zero-order valence-corrected chi connectivity index (χ0v) is 11.4. The molecule has 0 radical (unpaired) electrons. The van der Waals surface area contributed by atoms with Crippen molar-refractivity contribution in [2.45, 2.75) is 20.3 Å². The summed E-state index contributed by atoms with van der Waals surface area (Å²) in [6.07, 6.45) is 1.28. The van der Waals surface area contributed by atoms with Crippen LogP contribution in [0.1, 0.15) is 24.6 Å². The first-order valence-corrected chi connectivity index (χ1v) is 6.18. The van der Waals surface area contributed by atoms with Crippen LogP contribution in [0.5, 0.6) is 0 Å². The highest BCUT2D eigenvalue weighted by Crippen LogP contribution is 2.39. The first-order valence-electron chi connectivity index (χ1n) is 6.18. The van der Waals surface area contributed by atoms with E-state index in [0.29, 0.717) is 0 Å². The van der Waals surface area contributed by atoms with Crippen molar-refractivity contribution in [3.63, 3.8) is 0 Å². The monoisotopic (exact) mass is 251 g/mol. The van der Waals surface area contributed by atoms with Crippen LogP contribution in [0.4, 0.5) is 5.82 Å². The average molecular weight is 251 g/mol. The third-order valence-electron chi connectivity index (χ3n) is 3.70. The fraction of sp³-hybridized carbons (Fsp3) is 0.667. The van der Waals surface area contributed by atoms with E-state index in [9.17, 15) is 0 Å². The number of amidine groups is 1. The Morgan fingerprint density at radius 2 is 2.28 bits per heavy atom. The molecule has 0 amide bonds. The minimum absolute atomic E-state index is 0.117. The number of hydrogen-bond donors (Lipinski definition) is 2. The van der Waals surface area contributed by atoms with Crippen molar-refractivity contribution in [3.05, 3.63) is 11.3 Å². The lowest BCUT2D eigenvalue weighted by molar-refractivity contribution is 0.318. The summed E-state index contributed by atoms with van der Waals surface area (Å²) in [4.78, 5) is 2.14. The maximum atomic E-state index is 8.87. The van der Waals surface area contributed by atoms with Crippen molar-refractivity contribution in [2.75, 3.05) is 18.5 Å². The molecule has 2 atom stereocenters. The molecule has 1 saturated carbocycles. The van der Waals surface area contributed by atoms with Crippen LogP contribution in [-0.2, 0) is 7.05 Å². The highest BCUT2D eigenvalue weighted by atomic mass is 16.4. The topological polar surface area (TPSA) is 79.7 Å². The van der Waals surface area contributed by atoms with Gasteiger partial charge >= 0.3 is 0 Å². The summed E-state index contributed by atoms with van der Waals surface area (Å²) in [7, 11) is 3.90. The van der Waals surface area contributed by atoms with Gasteiger partial charge in [0.15, 0.2) is 5.84 Å². The Labute approximate surface area is 107 Å². The molecule has 0 bridgehead atoms. The van der Waals surface area contributed by atoms with Crippen molar-refractivity contribution in [1.82, 2.24) is 9.78 Å². The molecule has 1 heterocycles. The van der Waals surface area contributed by atoms with Gasteiger partial charge in [0.05, 0.1) is 11.3 Å². The fourth-order valence-corrected chi connectivity index (χ4v) is 2.53. The molecule has 1 aromatic rings. The molecule has 1 aliphatic rings. The lowest BCUT2D eigenvalue weighted by Crippen LogP contribution is -2.26. The van der Waals surface area contributed by atoms with E-state index < -0.39 is 0 Å². The molecule has 0 saturated heterocycles.